The van der Waals surface area contributed by atoms with Gasteiger partial charge in [-0.05, 0) is 18.2 Å². The van der Waals surface area contributed by atoms with E-state index in [-0.39, 0.29) is 10.6 Å². The average Bonchev–Trinajstić information content (AvgIpc) is 2.21. The number of thioether (sulfide) groups is 1. The SMILES string of the molecule is N#CSC(Cl)(Cl)C(=O)c1ccc(Cl)c(Cl)c1. The molecule has 0 radical (unpaired) electrons. The van der Waals surface area contributed by atoms with Gasteiger partial charge in [-0.2, -0.15) is 5.26 Å². The van der Waals surface area contributed by atoms with Gasteiger partial charge < -0.3 is 0 Å². The summed E-state index contributed by atoms with van der Waals surface area (Å²) in [7, 11) is 0. The summed E-state index contributed by atoms with van der Waals surface area (Å²) in [5, 5.41) is 10.6. The molecular formula is C9H3Cl4NOS. The minimum atomic E-state index is -1.84. The van der Waals surface area contributed by atoms with E-state index >= 15 is 0 Å². The number of carbonyl (C=O) groups excluding carboxylic acids is 1. The topological polar surface area (TPSA) is 40.9 Å². The molecule has 1 rings (SSSR count). The van der Waals surface area contributed by atoms with Crippen molar-refractivity contribution in [1.29, 1.82) is 5.26 Å². The van der Waals surface area contributed by atoms with Crippen LogP contribution in [0.25, 0.3) is 0 Å². The second-order valence-corrected chi connectivity index (χ2v) is 6.26. The van der Waals surface area contributed by atoms with Crippen LogP contribution in [-0.2, 0) is 0 Å². The Labute approximate surface area is 116 Å². The van der Waals surface area contributed by atoms with E-state index in [4.69, 9.17) is 51.7 Å². The molecule has 16 heavy (non-hydrogen) atoms. The van der Waals surface area contributed by atoms with Crippen LogP contribution in [0, 0.1) is 10.7 Å². The number of thiocyanates is 1. The highest BCUT2D eigenvalue weighted by Crippen LogP contribution is 2.38. The Hall–Kier alpha value is -0.110. The lowest BCUT2D eigenvalue weighted by molar-refractivity contribution is 0.0998. The molecular weight excluding hydrogens is 312 g/mol. The van der Waals surface area contributed by atoms with Gasteiger partial charge in [-0.15, -0.1) is 0 Å². The van der Waals surface area contributed by atoms with Gasteiger partial charge >= 0.3 is 0 Å². The molecule has 0 saturated heterocycles. The third-order valence-electron chi connectivity index (χ3n) is 1.62. The number of rotatable bonds is 3. The van der Waals surface area contributed by atoms with E-state index in [0.717, 1.165) is 0 Å². The van der Waals surface area contributed by atoms with Crippen LogP contribution >= 0.6 is 58.2 Å². The Balaban J connectivity index is 3.06. The number of ketones is 1. The minimum Gasteiger partial charge on any atom is -0.290 e. The first-order valence-electron chi connectivity index (χ1n) is 3.83. The monoisotopic (exact) mass is 313 g/mol. The van der Waals surface area contributed by atoms with E-state index in [2.05, 4.69) is 0 Å². The minimum absolute atomic E-state index is 0.196. The second kappa shape index (κ2) is 5.48. The van der Waals surface area contributed by atoms with Crippen molar-refractivity contribution < 1.29 is 4.79 Å². The zero-order valence-electron chi connectivity index (χ0n) is 7.51. The van der Waals surface area contributed by atoms with E-state index in [1.165, 1.54) is 18.2 Å². The number of Topliss-reactive ketones (excluding diaryl/α,β-unsaturated/α-hetero) is 1. The summed E-state index contributed by atoms with van der Waals surface area (Å²) < 4.78 is -1.84. The lowest BCUT2D eigenvalue weighted by Gasteiger charge is -2.13. The highest BCUT2D eigenvalue weighted by Gasteiger charge is 2.35. The van der Waals surface area contributed by atoms with E-state index in [0.29, 0.717) is 16.8 Å². The predicted octanol–water partition coefficient (Wildman–Crippen LogP) is 4.52. The van der Waals surface area contributed by atoms with Crippen molar-refractivity contribution in [1.82, 2.24) is 0 Å². The van der Waals surface area contributed by atoms with Crippen LogP contribution in [0.4, 0.5) is 0 Å². The summed E-state index contributed by atoms with van der Waals surface area (Å²) >= 11 is 23.3. The van der Waals surface area contributed by atoms with Crippen LogP contribution in [0.2, 0.25) is 10.0 Å². The van der Waals surface area contributed by atoms with Gasteiger partial charge in [0, 0.05) is 17.3 Å². The third kappa shape index (κ3) is 3.19. The number of halogens is 4. The Morgan fingerprint density at radius 2 is 1.94 bits per heavy atom. The number of carbonyl (C=O) groups is 1. The summed E-state index contributed by atoms with van der Waals surface area (Å²) in [6.45, 7) is 0. The fourth-order valence-electron chi connectivity index (χ4n) is 0.909. The second-order valence-electron chi connectivity index (χ2n) is 2.67. The molecule has 0 aromatic heterocycles. The summed E-state index contributed by atoms with van der Waals surface area (Å²) in [5.41, 5.74) is 0.196. The Kier molecular flexibility index (Phi) is 4.78. The van der Waals surface area contributed by atoms with Gasteiger partial charge in [0.1, 0.15) is 5.40 Å². The van der Waals surface area contributed by atoms with Crippen LogP contribution in [0.15, 0.2) is 18.2 Å². The summed E-state index contributed by atoms with van der Waals surface area (Å²) in [6.07, 6.45) is 0. The molecule has 0 fully saturated rings. The first-order chi connectivity index (χ1) is 7.38. The van der Waals surface area contributed by atoms with Gasteiger partial charge in [0.15, 0.2) is 0 Å². The first-order valence-corrected chi connectivity index (χ1v) is 6.16. The van der Waals surface area contributed by atoms with E-state index < -0.39 is 9.45 Å². The molecule has 0 bridgehead atoms. The van der Waals surface area contributed by atoms with Crippen molar-refractivity contribution in [2.45, 2.75) is 3.67 Å². The molecule has 0 N–H and O–H groups in total. The predicted molar refractivity (Wildman–Crippen MR) is 68.4 cm³/mol. The molecule has 1 aromatic carbocycles. The molecule has 1 aromatic rings. The van der Waals surface area contributed by atoms with Crippen molar-refractivity contribution in [2.24, 2.45) is 0 Å². The summed E-state index contributed by atoms with van der Waals surface area (Å²) in [4.78, 5) is 11.8. The number of alkyl halides is 2. The number of hydrogen-bond acceptors (Lipinski definition) is 3. The van der Waals surface area contributed by atoms with E-state index in [9.17, 15) is 4.79 Å². The molecule has 84 valence electrons. The average molecular weight is 315 g/mol. The molecule has 0 aliphatic rings. The van der Waals surface area contributed by atoms with E-state index in [1.807, 2.05) is 0 Å². The number of nitrogens with zero attached hydrogens (tertiary/aromatic N) is 1. The highest BCUT2D eigenvalue weighted by molar-refractivity contribution is 8.08. The summed E-state index contributed by atoms with van der Waals surface area (Å²) in [5.74, 6) is -0.610. The molecule has 0 spiro atoms. The third-order valence-corrected chi connectivity index (χ3v) is 3.70. The normalized spacial score (nSPS) is 10.9. The molecule has 0 aliphatic heterocycles. The van der Waals surface area contributed by atoms with Crippen LogP contribution < -0.4 is 0 Å². The highest BCUT2D eigenvalue weighted by atomic mass is 35.5. The van der Waals surface area contributed by atoms with Gasteiger partial charge in [-0.1, -0.05) is 46.4 Å². The van der Waals surface area contributed by atoms with Gasteiger partial charge in [0.05, 0.1) is 10.0 Å². The van der Waals surface area contributed by atoms with Gasteiger partial charge in [-0.25, -0.2) is 0 Å². The van der Waals surface area contributed by atoms with Crippen LogP contribution in [0.5, 0.6) is 0 Å². The molecule has 0 heterocycles. The van der Waals surface area contributed by atoms with Crippen LogP contribution in [0.1, 0.15) is 10.4 Å². The first kappa shape index (κ1) is 14.0. The van der Waals surface area contributed by atoms with Gasteiger partial charge in [-0.3, -0.25) is 4.79 Å². The van der Waals surface area contributed by atoms with Gasteiger partial charge in [0.25, 0.3) is 0 Å². The Morgan fingerprint density at radius 1 is 1.31 bits per heavy atom. The maximum atomic E-state index is 11.8. The Bertz CT molecular complexity index is 469. The lowest BCUT2D eigenvalue weighted by atomic mass is 10.1. The largest absolute Gasteiger partial charge is 0.290 e. The molecule has 0 saturated carbocycles. The maximum absolute atomic E-state index is 11.8. The summed E-state index contributed by atoms with van der Waals surface area (Å²) in [6, 6.07) is 4.25. The number of benzene rings is 1. The van der Waals surface area contributed by atoms with Crippen molar-refractivity contribution in [2.75, 3.05) is 0 Å². The molecule has 2 nitrogen and oxygen atoms in total. The lowest BCUT2D eigenvalue weighted by Crippen LogP contribution is -2.21. The van der Waals surface area contributed by atoms with Crippen LogP contribution in [0.3, 0.4) is 0 Å². The smallest absolute Gasteiger partial charge is 0.238 e. The fourth-order valence-corrected chi connectivity index (χ4v) is 1.96. The van der Waals surface area contributed by atoms with Crippen molar-refractivity contribution in [3.63, 3.8) is 0 Å². The molecule has 0 atom stereocenters. The molecule has 0 amide bonds. The van der Waals surface area contributed by atoms with Crippen LogP contribution in [-0.4, -0.2) is 9.45 Å². The number of nitriles is 1. The van der Waals surface area contributed by atoms with Crippen molar-refractivity contribution in [3.05, 3.63) is 33.8 Å². The number of hydrogen-bond donors (Lipinski definition) is 0. The van der Waals surface area contributed by atoms with Crippen molar-refractivity contribution in [3.8, 4) is 5.40 Å². The zero-order chi connectivity index (χ0) is 12.3. The van der Waals surface area contributed by atoms with E-state index in [1.54, 1.807) is 5.40 Å². The maximum Gasteiger partial charge on any atom is 0.238 e. The molecule has 7 heteroatoms. The fraction of sp³-hybridized carbons (Fsp3) is 0.111. The van der Waals surface area contributed by atoms with Crippen molar-refractivity contribution >= 4 is 63.9 Å². The quantitative estimate of drug-likeness (QED) is 0.468. The molecule has 0 unspecified atom stereocenters. The molecule has 0 aliphatic carbocycles. The zero-order valence-corrected chi connectivity index (χ0v) is 11.3. The standard InChI is InChI=1S/C9H3Cl4NOS/c10-6-2-1-5(3-7(6)11)8(15)9(12,13)16-4-14/h1-3H. The Morgan fingerprint density at radius 3 is 2.44 bits per heavy atom. The van der Waals surface area contributed by atoms with Gasteiger partial charge in [0.2, 0.25) is 9.45 Å².